The standard InChI is InChI=1S/C13H23N3O2/c1-4-14-10(2)9-11-15-12(16-18-11)13(17-3)7-5-6-8-13/h10,14H,4-9H2,1-3H3. The van der Waals surface area contributed by atoms with Crippen LogP contribution in [-0.4, -0.2) is 29.8 Å². The first-order valence-electron chi connectivity index (χ1n) is 6.82. The second-order valence-electron chi connectivity index (χ2n) is 5.08. The zero-order chi connectivity index (χ0) is 13.0. The second-order valence-corrected chi connectivity index (χ2v) is 5.08. The lowest BCUT2D eigenvalue weighted by Gasteiger charge is -2.22. The number of rotatable bonds is 6. The lowest BCUT2D eigenvalue weighted by Crippen LogP contribution is -2.28. The monoisotopic (exact) mass is 253 g/mol. The Bertz CT molecular complexity index is 372. The molecule has 1 atom stereocenters. The summed E-state index contributed by atoms with van der Waals surface area (Å²) in [6, 6.07) is 0.352. The Morgan fingerprint density at radius 1 is 1.44 bits per heavy atom. The molecule has 0 bridgehead atoms. The molecule has 1 aromatic rings. The summed E-state index contributed by atoms with van der Waals surface area (Å²) >= 11 is 0. The third-order valence-electron chi connectivity index (χ3n) is 3.71. The van der Waals surface area contributed by atoms with Crippen molar-refractivity contribution in [2.45, 2.75) is 57.6 Å². The van der Waals surface area contributed by atoms with Crippen LogP contribution in [0.15, 0.2) is 4.52 Å². The van der Waals surface area contributed by atoms with E-state index in [0.717, 1.165) is 31.6 Å². The summed E-state index contributed by atoms with van der Waals surface area (Å²) in [5.41, 5.74) is -0.302. The fourth-order valence-electron chi connectivity index (χ4n) is 2.67. The number of methoxy groups -OCH3 is 1. The normalized spacial score (nSPS) is 20.2. The number of aromatic nitrogens is 2. The summed E-state index contributed by atoms with van der Waals surface area (Å²) in [5.74, 6) is 1.42. The maximum atomic E-state index is 5.65. The van der Waals surface area contributed by atoms with Crippen LogP contribution in [0.2, 0.25) is 0 Å². The van der Waals surface area contributed by atoms with E-state index in [9.17, 15) is 0 Å². The Hall–Kier alpha value is -0.940. The van der Waals surface area contributed by atoms with Crippen molar-refractivity contribution in [2.75, 3.05) is 13.7 Å². The highest BCUT2D eigenvalue weighted by Crippen LogP contribution is 2.40. The number of nitrogens with zero attached hydrogens (tertiary/aromatic N) is 2. The van der Waals surface area contributed by atoms with E-state index in [1.165, 1.54) is 12.8 Å². The first kappa shape index (κ1) is 13.5. The first-order valence-corrected chi connectivity index (χ1v) is 6.82. The summed E-state index contributed by atoms with van der Waals surface area (Å²) in [4.78, 5) is 4.51. The lowest BCUT2D eigenvalue weighted by atomic mass is 10.0. The Morgan fingerprint density at radius 3 is 2.78 bits per heavy atom. The van der Waals surface area contributed by atoms with Gasteiger partial charge in [0.15, 0.2) is 0 Å². The van der Waals surface area contributed by atoms with Crippen LogP contribution >= 0.6 is 0 Å². The highest BCUT2D eigenvalue weighted by Gasteiger charge is 2.40. The quantitative estimate of drug-likeness (QED) is 0.840. The zero-order valence-electron chi connectivity index (χ0n) is 11.5. The van der Waals surface area contributed by atoms with Crippen molar-refractivity contribution in [3.8, 4) is 0 Å². The van der Waals surface area contributed by atoms with E-state index < -0.39 is 0 Å². The Morgan fingerprint density at radius 2 is 2.17 bits per heavy atom. The minimum absolute atomic E-state index is 0.302. The molecule has 1 fully saturated rings. The van der Waals surface area contributed by atoms with Crippen LogP contribution in [-0.2, 0) is 16.8 Å². The predicted octanol–water partition coefficient (Wildman–Crippen LogP) is 2.03. The molecule has 1 N–H and O–H groups in total. The molecule has 1 aliphatic rings. The van der Waals surface area contributed by atoms with E-state index in [0.29, 0.717) is 11.9 Å². The molecule has 102 valence electrons. The molecule has 18 heavy (non-hydrogen) atoms. The fourth-order valence-corrected chi connectivity index (χ4v) is 2.67. The van der Waals surface area contributed by atoms with Crippen LogP contribution in [0.25, 0.3) is 0 Å². The molecule has 0 spiro atoms. The molecule has 1 heterocycles. The smallest absolute Gasteiger partial charge is 0.228 e. The summed E-state index contributed by atoms with van der Waals surface area (Å²) < 4.78 is 11.0. The van der Waals surface area contributed by atoms with Crippen LogP contribution < -0.4 is 5.32 Å². The maximum absolute atomic E-state index is 5.65. The van der Waals surface area contributed by atoms with E-state index in [4.69, 9.17) is 9.26 Å². The maximum Gasteiger partial charge on any atom is 0.228 e. The average Bonchev–Trinajstić information content (AvgIpc) is 2.98. The molecule has 1 saturated carbocycles. The van der Waals surface area contributed by atoms with Crippen molar-refractivity contribution in [2.24, 2.45) is 0 Å². The summed E-state index contributed by atoms with van der Waals surface area (Å²) in [5, 5.41) is 7.45. The van der Waals surface area contributed by atoms with E-state index in [-0.39, 0.29) is 5.60 Å². The van der Waals surface area contributed by atoms with E-state index >= 15 is 0 Å². The summed E-state index contributed by atoms with van der Waals surface area (Å²) in [6.07, 6.45) is 5.09. The van der Waals surface area contributed by atoms with Crippen LogP contribution in [0, 0.1) is 0 Å². The van der Waals surface area contributed by atoms with Gasteiger partial charge in [-0.05, 0) is 39.2 Å². The van der Waals surface area contributed by atoms with Gasteiger partial charge in [0.1, 0.15) is 5.60 Å². The van der Waals surface area contributed by atoms with E-state index in [1.54, 1.807) is 7.11 Å². The number of hydrogen-bond donors (Lipinski definition) is 1. The van der Waals surface area contributed by atoms with Gasteiger partial charge in [0.2, 0.25) is 11.7 Å². The van der Waals surface area contributed by atoms with Gasteiger partial charge in [-0.3, -0.25) is 0 Å². The third kappa shape index (κ3) is 2.72. The molecule has 1 aliphatic carbocycles. The molecule has 5 heteroatoms. The Balaban J connectivity index is 2.05. The molecule has 0 amide bonds. The Labute approximate surface area is 108 Å². The van der Waals surface area contributed by atoms with Crippen molar-refractivity contribution in [1.82, 2.24) is 15.5 Å². The van der Waals surface area contributed by atoms with Crippen molar-refractivity contribution < 1.29 is 9.26 Å². The number of likely N-dealkylation sites (N-methyl/N-ethyl adjacent to an activating group) is 1. The minimum atomic E-state index is -0.302. The molecule has 0 saturated heterocycles. The van der Waals surface area contributed by atoms with Crippen molar-refractivity contribution >= 4 is 0 Å². The largest absolute Gasteiger partial charge is 0.370 e. The summed E-state index contributed by atoms with van der Waals surface area (Å²) in [7, 11) is 1.74. The van der Waals surface area contributed by atoms with Crippen LogP contribution in [0.1, 0.15) is 51.2 Å². The van der Waals surface area contributed by atoms with Crippen LogP contribution in [0.5, 0.6) is 0 Å². The second kappa shape index (κ2) is 5.80. The zero-order valence-corrected chi connectivity index (χ0v) is 11.5. The topological polar surface area (TPSA) is 60.2 Å². The van der Waals surface area contributed by atoms with Gasteiger partial charge in [-0.1, -0.05) is 12.1 Å². The van der Waals surface area contributed by atoms with Gasteiger partial charge >= 0.3 is 0 Å². The Kier molecular flexibility index (Phi) is 4.35. The minimum Gasteiger partial charge on any atom is -0.370 e. The third-order valence-corrected chi connectivity index (χ3v) is 3.71. The molecular formula is C13H23N3O2. The molecule has 1 unspecified atom stereocenters. The highest BCUT2D eigenvalue weighted by atomic mass is 16.5. The van der Waals surface area contributed by atoms with Gasteiger partial charge in [0, 0.05) is 19.6 Å². The van der Waals surface area contributed by atoms with Gasteiger partial charge in [-0.2, -0.15) is 4.98 Å². The summed E-state index contributed by atoms with van der Waals surface area (Å²) in [6.45, 7) is 5.16. The van der Waals surface area contributed by atoms with Crippen LogP contribution in [0.4, 0.5) is 0 Å². The molecule has 2 rings (SSSR count). The first-order chi connectivity index (χ1) is 8.70. The molecule has 5 nitrogen and oxygen atoms in total. The predicted molar refractivity (Wildman–Crippen MR) is 68.3 cm³/mol. The van der Waals surface area contributed by atoms with Crippen LogP contribution in [0.3, 0.4) is 0 Å². The number of hydrogen-bond acceptors (Lipinski definition) is 5. The fraction of sp³-hybridized carbons (Fsp3) is 0.846. The van der Waals surface area contributed by atoms with Crippen molar-refractivity contribution in [3.63, 3.8) is 0 Å². The lowest BCUT2D eigenvalue weighted by molar-refractivity contribution is -0.0178. The highest BCUT2D eigenvalue weighted by molar-refractivity contribution is 5.04. The SMILES string of the molecule is CCNC(C)Cc1nc(C2(OC)CCCC2)no1. The molecule has 0 aromatic carbocycles. The molecule has 1 aromatic heterocycles. The van der Waals surface area contributed by atoms with Gasteiger partial charge in [-0.15, -0.1) is 0 Å². The molecular weight excluding hydrogens is 230 g/mol. The van der Waals surface area contributed by atoms with Gasteiger partial charge in [0.05, 0.1) is 0 Å². The van der Waals surface area contributed by atoms with Crippen molar-refractivity contribution in [1.29, 1.82) is 0 Å². The van der Waals surface area contributed by atoms with Gasteiger partial charge in [0.25, 0.3) is 0 Å². The van der Waals surface area contributed by atoms with Crippen molar-refractivity contribution in [3.05, 3.63) is 11.7 Å². The van der Waals surface area contributed by atoms with E-state index in [2.05, 4.69) is 29.3 Å². The number of ether oxygens (including phenoxy) is 1. The van der Waals surface area contributed by atoms with Gasteiger partial charge in [-0.25, -0.2) is 0 Å². The van der Waals surface area contributed by atoms with E-state index in [1.807, 2.05) is 0 Å². The van der Waals surface area contributed by atoms with Gasteiger partial charge < -0.3 is 14.6 Å². The average molecular weight is 253 g/mol. The molecule has 0 radical (unpaired) electrons. The number of nitrogens with one attached hydrogen (secondary N) is 1. The molecule has 0 aliphatic heterocycles.